The number of hydrogen-bond donors (Lipinski definition) is 1. The quantitative estimate of drug-likeness (QED) is 0.753. The summed E-state index contributed by atoms with van der Waals surface area (Å²) in [6.45, 7) is 1.52. The lowest BCUT2D eigenvalue weighted by Gasteiger charge is -2.23. The minimum absolute atomic E-state index is 0.104. The molecular weight excluding hydrogens is 392 g/mol. The van der Waals surface area contributed by atoms with E-state index in [9.17, 15) is 13.2 Å². The van der Waals surface area contributed by atoms with Crippen molar-refractivity contribution >= 4 is 38.9 Å². The van der Waals surface area contributed by atoms with E-state index in [1.54, 1.807) is 24.3 Å². The normalized spacial score (nSPS) is 11.0. The fourth-order valence-corrected chi connectivity index (χ4v) is 3.43. The molecule has 27 heavy (non-hydrogen) atoms. The van der Waals surface area contributed by atoms with Crippen LogP contribution in [0.4, 0.5) is 11.4 Å². The summed E-state index contributed by atoms with van der Waals surface area (Å²) in [5.41, 5.74) is 0.678. The maximum absolute atomic E-state index is 12.9. The molecule has 0 atom stereocenters. The number of nitrogens with zero attached hydrogens (tertiary/aromatic N) is 1. The Labute approximate surface area is 163 Å². The minimum atomic E-state index is -3.60. The molecule has 2 rings (SSSR count). The van der Waals surface area contributed by atoms with Gasteiger partial charge in [-0.2, -0.15) is 0 Å². The van der Waals surface area contributed by atoms with Crippen LogP contribution in [0.25, 0.3) is 0 Å². The van der Waals surface area contributed by atoms with Crippen LogP contribution in [0.15, 0.2) is 36.4 Å². The van der Waals surface area contributed by atoms with Crippen LogP contribution in [-0.2, 0) is 10.0 Å². The molecule has 0 aliphatic heterocycles. The van der Waals surface area contributed by atoms with Gasteiger partial charge in [-0.1, -0.05) is 23.7 Å². The van der Waals surface area contributed by atoms with E-state index in [-0.39, 0.29) is 17.0 Å². The Bertz CT molecular complexity index is 947. The largest absolute Gasteiger partial charge is 0.493 e. The van der Waals surface area contributed by atoms with Crippen LogP contribution in [0.5, 0.6) is 11.5 Å². The lowest BCUT2D eigenvalue weighted by Crippen LogP contribution is -2.30. The van der Waals surface area contributed by atoms with Crippen LogP contribution >= 0.6 is 11.6 Å². The number of para-hydroxylation sites is 1. The van der Waals surface area contributed by atoms with Gasteiger partial charge < -0.3 is 14.8 Å². The molecule has 7 nitrogen and oxygen atoms in total. The monoisotopic (exact) mass is 412 g/mol. The van der Waals surface area contributed by atoms with E-state index in [4.69, 9.17) is 21.1 Å². The molecule has 0 aliphatic carbocycles. The number of hydrogen-bond acceptors (Lipinski definition) is 5. The number of nitrogens with one attached hydrogen (secondary N) is 1. The van der Waals surface area contributed by atoms with E-state index in [0.29, 0.717) is 22.2 Å². The zero-order valence-corrected chi connectivity index (χ0v) is 17.0. The van der Waals surface area contributed by atoms with Gasteiger partial charge in [0.25, 0.3) is 5.91 Å². The second-order valence-corrected chi connectivity index (χ2v) is 8.22. The minimum Gasteiger partial charge on any atom is -0.493 e. The molecule has 0 heterocycles. The Kier molecular flexibility index (Phi) is 6.56. The van der Waals surface area contributed by atoms with Crippen LogP contribution in [-0.4, -0.2) is 41.3 Å². The highest BCUT2D eigenvalue weighted by atomic mass is 35.5. The third-order valence-electron chi connectivity index (χ3n) is 3.99. The first-order chi connectivity index (χ1) is 12.7. The van der Waals surface area contributed by atoms with Crippen molar-refractivity contribution in [1.29, 1.82) is 0 Å². The van der Waals surface area contributed by atoms with Crippen molar-refractivity contribution in [3.63, 3.8) is 0 Å². The van der Waals surface area contributed by atoms with Crippen molar-refractivity contribution in [3.05, 3.63) is 47.0 Å². The van der Waals surface area contributed by atoms with Gasteiger partial charge in [0, 0.05) is 13.1 Å². The van der Waals surface area contributed by atoms with Crippen LogP contribution < -0.4 is 19.1 Å². The lowest BCUT2D eigenvalue weighted by atomic mass is 10.1. The first-order valence-corrected chi connectivity index (χ1v) is 10.0. The van der Waals surface area contributed by atoms with Gasteiger partial charge in [0.05, 0.1) is 41.9 Å². The Morgan fingerprint density at radius 2 is 1.74 bits per heavy atom. The number of carbonyl (C=O) groups is 1. The molecule has 1 N–H and O–H groups in total. The smallest absolute Gasteiger partial charge is 0.257 e. The Morgan fingerprint density at radius 1 is 1.15 bits per heavy atom. The fourth-order valence-electron chi connectivity index (χ4n) is 2.41. The van der Waals surface area contributed by atoms with Crippen molar-refractivity contribution < 1.29 is 22.7 Å². The number of benzene rings is 2. The molecular formula is C18H21ClN2O5S. The summed E-state index contributed by atoms with van der Waals surface area (Å²) < 4.78 is 36.2. The van der Waals surface area contributed by atoms with Crippen LogP contribution in [0.3, 0.4) is 0 Å². The molecule has 146 valence electrons. The highest BCUT2D eigenvalue weighted by molar-refractivity contribution is 7.92. The summed E-state index contributed by atoms with van der Waals surface area (Å²) in [4.78, 5) is 12.9. The van der Waals surface area contributed by atoms with E-state index < -0.39 is 15.9 Å². The van der Waals surface area contributed by atoms with E-state index in [0.717, 1.165) is 4.31 Å². The molecule has 0 spiro atoms. The summed E-state index contributed by atoms with van der Waals surface area (Å²) in [6.07, 6.45) is 0. The van der Waals surface area contributed by atoms with E-state index in [1.807, 2.05) is 0 Å². The van der Waals surface area contributed by atoms with Crippen molar-refractivity contribution in [1.82, 2.24) is 0 Å². The molecule has 0 aromatic heterocycles. The molecule has 0 fully saturated rings. The number of methoxy groups -OCH3 is 2. The maximum Gasteiger partial charge on any atom is 0.257 e. The number of ether oxygens (including phenoxy) is 2. The molecule has 0 unspecified atom stereocenters. The van der Waals surface area contributed by atoms with Gasteiger partial charge in [-0.05, 0) is 25.1 Å². The summed E-state index contributed by atoms with van der Waals surface area (Å²) in [6, 6.07) is 9.63. The first kappa shape index (κ1) is 20.9. The van der Waals surface area contributed by atoms with E-state index in [1.165, 1.54) is 40.3 Å². The molecule has 2 aromatic carbocycles. The van der Waals surface area contributed by atoms with Crippen molar-refractivity contribution in [2.24, 2.45) is 0 Å². The Hall–Kier alpha value is -2.45. The predicted octanol–water partition coefficient (Wildman–Crippen LogP) is 3.40. The molecule has 0 aliphatic rings. The van der Waals surface area contributed by atoms with Gasteiger partial charge in [0.2, 0.25) is 10.0 Å². The SMILES string of the molecule is CCS(=O)(=O)N(C)c1cc(OC)c(OC)cc1C(=O)Nc1ccccc1Cl. The Morgan fingerprint density at radius 3 is 2.30 bits per heavy atom. The number of halogens is 1. The third kappa shape index (κ3) is 4.45. The van der Waals surface area contributed by atoms with Crippen LogP contribution in [0.2, 0.25) is 5.02 Å². The van der Waals surface area contributed by atoms with Crippen LogP contribution in [0.1, 0.15) is 17.3 Å². The second-order valence-electron chi connectivity index (χ2n) is 5.53. The fraction of sp³-hybridized carbons (Fsp3) is 0.278. The Balaban J connectivity index is 2.58. The predicted molar refractivity (Wildman–Crippen MR) is 107 cm³/mol. The van der Waals surface area contributed by atoms with Crippen molar-refractivity contribution in [2.75, 3.05) is 36.6 Å². The summed E-state index contributed by atoms with van der Waals surface area (Å²) >= 11 is 6.09. The summed E-state index contributed by atoms with van der Waals surface area (Å²) in [5, 5.41) is 3.05. The van der Waals surface area contributed by atoms with E-state index >= 15 is 0 Å². The zero-order valence-electron chi connectivity index (χ0n) is 15.4. The molecule has 0 radical (unpaired) electrons. The molecule has 0 bridgehead atoms. The van der Waals surface area contributed by atoms with Crippen LogP contribution in [0, 0.1) is 0 Å². The number of carbonyl (C=O) groups excluding carboxylic acids is 1. The standard InChI is InChI=1S/C18H21ClN2O5S/c1-5-27(23,24)21(2)15-11-17(26-4)16(25-3)10-12(15)18(22)20-14-9-7-6-8-13(14)19/h6-11H,5H2,1-4H3,(H,20,22). The average molecular weight is 413 g/mol. The number of sulfonamides is 1. The first-order valence-electron chi connectivity index (χ1n) is 8.03. The van der Waals surface area contributed by atoms with Gasteiger partial charge in [-0.15, -0.1) is 0 Å². The van der Waals surface area contributed by atoms with Crippen molar-refractivity contribution in [2.45, 2.75) is 6.92 Å². The highest BCUT2D eigenvalue weighted by Crippen LogP contribution is 2.36. The number of rotatable bonds is 7. The van der Waals surface area contributed by atoms with Crippen molar-refractivity contribution in [3.8, 4) is 11.5 Å². The molecule has 0 saturated carbocycles. The average Bonchev–Trinajstić information content (AvgIpc) is 2.67. The maximum atomic E-state index is 12.9. The molecule has 1 amide bonds. The third-order valence-corrected chi connectivity index (χ3v) is 6.08. The summed E-state index contributed by atoms with van der Waals surface area (Å²) in [7, 11) is 0.640. The highest BCUT2D eigenvalue weighted by Gasteiger charge is 2.25. The zero-order chi connectivity index (χ0) is 20.2. The number of amides is 1. The second kappa shape index (κ2) is 8.49. The van der Waals surface area contributed by atoms with Gasteiger partial charge >= 0.3 is 0 Å². The topological polar surface area (TPSA) is 84.9 Å². The van der Waals surface area contributed by atoms with E-state index in [2.05, 4.69) is 5.32 Å². The lowest BCUT2D eigenvalue weighted by molar-refractivity contribution is 0.102. The molecule has 2 aromatic rings. The molecule has 9 heteroatoms. The number of anilines is 2. The summed E-state index contributed by atoms with van der Waals surface area (Å²) in [5.74, 6) is -0.0475. The molecule has 0 saturated heterocycles. The van der Waals surface area contributed by atoms with Gasteiger partial charge in [0.15, 0.2) is 11.5 Å². The van der Waals surface area contributed by atoms with Gasteiger partial charge in [-0.3, -0.25) is 9.10 Å². The van der Waals surface area contributed by atoms with Gasteiger partial charge in [-0.25, -0.2) is 8.42 Å². The van der Waals surface area contributed by atoms with Gasteiger partial charge in [0.1, 0.15) is 0 Å².